The summed E-state index contributed by atoms with van der Waals surface area (Å²) in [6, 6.07) is 18.7. The van der Waals surface area contributed by atoms with Crippen LogP contribution in [0.25, 0.3) is 0 Å². The minimum Gasteiger partial charge on any atom is -0.497 e. The van der Waals surface area contributed by atoms with E-state index in [4.69, 9.17) is 9.47 Å². The molecule has 0 bridgehead atoms. The first-order valence-corrected chi connectivity index (χ1v) is 11.5. The highest BCUT2D eigenvalue weighted by Gasteiger charge is 2.18. The van der Waals surface area contributed by atoms with E-state index in [2.05, 4.69) is 10.0 Å². The molecule has 0 fully saturated rings. The maximum atomic E-state index is 12.8. The first-order chi connectivity index (χ1) is 15.3. The maximum absolute atomic E-state index is 12.8. The number of rotatable bonds is 9. The molecule has 7 nitrogen and oxygen atoms in total. The monoisotopic (exact) mass is 454 g/mol. The van der Waals surface area contributed by atoms with E-state index in [0.717, 1.165) is 11.3 Å². The third-order valence-electron chi connectivity index (χ3n) is 4.73. The second-order valence-corrected chi connectivity index (χ2v) is 8.89. The molecule has 0 spiro atoms. The van der Waals surface area contributed by atoms with Gasteiger partial charge in [-0.25, -0.2) is 8.42 Å². The van der Waals surface area contributed by atoms with Gasteiger partial charge in [0.2, 0.25) is 0 Å². The summed E-state index contributed by atoms with van der Waals surface area (Å²) in [7, 11) is -2.18. The van der Waals surface area contributed by atoms with Gasteiger partial charge in [0.15, 0.2) is 0 Å². The van der Waals surface area contributed by atoms with Crippen LogP contribution >= 0.6 is 0 Å². The lowest BCUT2D eigenvalue weighted by molar-refractivity contribution is 0.0947. The van der Waals surface area contributed by atoms with Crippen molar-refractivity contribution in [3.05, 3.63) is 83.4 Å². The molecule has 0 aliphatic rings. The summed E-state index contributed by atoms with van der Waals surface area (Å²) < 4.78 is 38.8. The van der Waals surface area contributed by atoms with E-state index in [1.165, 1.54) is 6.07 Å². The Morgan fingerprint density at radius 1 is 0.938 bits per heavy atom. The highest BCUT2D eigenvalue weighted by molar-refractivity contribution is 7.92. The van der Waals surface area contributed by atoms with Crippen molar-refractivity contribution in [3.8, 4) is 11.5 Å². The van der Waals surface area contributed by atoms with E-state index in [1.807, 2.05) is 13.0 Å². The van der Waals surface area contributed by atoms with Gasteiger partial charge in [0, 0.05) is 11.3 Å². The molecule has 0 aliphatic carbocycles. The number of benzene rings is 3. The van der Waals surface area contributed by atoms with E-state index in [1.54, 1.807) is 68.6 Å². The van der Waals surface area contributed by atoms with Crippen LogP contribution in [-0.2, 0) is 10.0 Å². The number of anilines is 1. The lowest BCUT2D eigenvalue weighted by atomic mass is 10.2. The summed E-state index contributed by atoms with van der Waals surface area (Å²) in [5.41, 5.74) is 2.15. The van der Waals surface area contributed by atoms with Crippen LogP contribution in [0, 0.1) is 13.8 Å². The van der Waals surface area contributed by atoms with Crippen LogP contribution in [0.3, 0.4) is 0 Å². The zero-order valence-corrected chi connectivity index (χ0v) is 19.0. The molecule has 32 heavy (non-hydrogen) atoms. The highest BCUT2D eigenvalue weighted by atomic mass is 32.2. The predicted molar refractivity (Wildman–Crippen MR) is 124 cm³/mol. The number of aryl methyl sites for hydroxylation is 2. The minimum atomic E-state index is -3.78. The Balaban J connectivity index is 1.58. The van der Waals surface area contributed by atoms with Crippen LogP contribution < -0.4 is 19.5 Å². The molecular formula is C24H26N2O5S. The van der Waals surface area contributed by atoms with E-state index in [9.17, 15) is 13.2 Å². The van der Waals surface area contributed by atoms with Gasteiger partial charge < -0.3 is 14.8 Å². The Hall–Kier alpha value is -3.52. The summed E-state index contributed by atoms with van der Waals surface area (Å²) in [6.07, 6.45) is 0. The van der Waals surface area contributed by atoms with Crippen LogP contribution in [0.5, 0.6) is 11.5 Å². The third kappa shape index (κ3) is 6.01. The van der Waals surface area contributed by atoms with Crippen molar-refractivity contribution in [2.75, 3.05) is 25.0 Å². The predicted octanol–water partition coefficient (Wildman–Crippen LogP) is 3.92. The van der Waals surface area contributed by atoms with Crippen LogP contribution in [0.15, 0.2) is 71.6 Å². The quantitative estimate of drug-likeness (QED) is 0.478. The maximum Gasteiger partial charge on any atom is 0.262 e. The molecule has 3 rings (SSSR count). The number of carbonyl (C=O) groups is 1. The van der Waals surface area contributed by atoms with Gasteiger partial charge in [-0.3, -0.25) is 9.52 Å². The second-order valence-electron chi connectivity index (χ2n) is 7.24. The smallest absolute Gasteiger partial charge is 0.262 e. The molecule has 0 saturated heterocycles. The van der Waals surface area contributed by atoms with Gasteiger partial charge in [-0.1, -0.05) is 18.2 Å². The number of amides is 1. The molecule has 0 aliphatic heterocycles. The van der Waals surface area contributed by atoms with Gasteiger partial charge in [0.25, 0.3) is 15.9 Å². The van der Waals surface area contributed by atoms with Gasteiger partial charge in [-0.15, -0.1) is 0 Å². The molecule has 0 unspecified atom stereocenters. The van der Waals surface area contributed by atoms with E-state index < -0.39 is 10.0 Å². The second kappa shape index (κ2) is 10.2. The molecule has 3 aromatic rings. The topological polar surface area (TPSA) is 93.7 Å². The fraction of sp³-hybridized carbons (Fsp3) is 0.208. The van der Waals surface area contributed by atoms with E-state index >= 15 is 0 Å². The third-order valence-corrected chi connectivity index (χ3v) is 6.25. The molecule has 8 heteroatoms. The largest absolute Gasteiger partial charge is 0.497 e. The van der Waals surface area contributed by atoms with Crippen molar-refractivity contribution in [2.45, 2.75) is 18.7 Å². The number of methoxy groups -OCH3 is 1. The van der Waals surface area contributed by atoms with Crippen molar-refractivity contribution >= 4 is 21.6 Å². The number of ether oxygens (including phenoxy) is 2. The molecule has 2 N–H and O–H groups in total. The van der Waals surface area contributed by atoms with Crippen LogP contribution in [0.2, 0.25) is 0 Å². The van der Waals surface area contributed by atoms with Gasteiger partial charge in [0.05, 0.1) is 18.6 Å². The van der Waals surface area contributed by atoms with Gasteiger partial charge in [0.1, 0.15) is 18.1 Å². The molecule has 3 aromatic carbocycles. The minimum absolute atomic E-state index is 0.211. The van der Waals surface area contributed by atoms with Crippen LogP contribution in [0.4, 0.5) is 5.69 Å². The Morgan fingerprint density at radius 2 is 1.66 bits per heavy atom. The first-order valence-electron chi connectivity index (χ1n) is 10.0. The van der Waals surface area contributed by atoms with Gasteiger partial charge in [-0.05, 0) is 73.5 Å². The molecule has 0 saturated carbocycles. The van der Waals surface area contributed by atoms with Crippen molar-refractivity contribution in [2.24, 2.45) is 0 Å². The van der Waals surface area contributed by atoms with Crippen molar-refractivity contribution in [1.82, 2.24) is 5.32 Å². The normalized spacial score (nSPS) is 11.0. The Bertz CT molecular complexity index is 1190. The molecule has 0 heterocycles. The highest BCUT2D eigenvalue weighted by Crippen LogP contribution is 2.21. The molecule has 1 amide bonds. The molecule has 0 aromatic heterocycles. The summed E-state index contributed by atoms with van der Waals surface area (Å²) in [4.78, 5) is 12.7. The fourth-order valence-electron chi connectivity index (χ4n) is 3.04. The summed E-state index contributed by atoms with van der Waals surface area (Å²) >= 11 is 0. The molecule has 0 atom stereocenters. The van der Waals surface area contributed by atoms with Crippen LogP contribution in [0.1, 0.15) is 21.5 Å². The molecule has 0 radical (unpaired) electrons. The zero-order valence-electron chi connectivity index (χ0n) is 18.2. The van der Waals surface area contributed by atoms with E-state index in [-0.39, 0.29) is 17.4 Å². The lowest BCUT2D eigenvalue weighted by Gasteiger charge is -2.12. The fourth-order valence-corrected chi connectivity index (χ4v) is 4.42. The Morgan fingerprint density at radius 3 is 2.38 bits per heavy atom. The molecular weight excluding hydrogens is 428 g/mol. The lowest BCUT2D eigenvalue weighted by Crippen LogP contribution is -2.28. The summed E-state index contributed by atoms with van der Waals surface area (Å²) in [5.74, 6) is 1.08. The summed E-state index contributed by atoms with van der Waals surface area (Å²) in [5, 5.41) is 2.76. The van der Waals surface area contributed by atoms with Crippen molar-refractivity contribution in [3.63, 3.8) is 0 Å². The number of hydrogen-bond donors (Lipinski definition) is 2. The average molecular weight is 455 g/mol. The number of hydrogen-bond acceptors (Lipinski definition) is 5. The molecule has 168 valence electrons. The Kier molecular flexibility index (Phi) is 7.37. The summed E-state index contributed by atoms with van der Waals surface area (Å²) in [6.45, 7) is 4.16. The SMILES string of the molecule is COc1ccc(OCCNC(=O)c2cccc(NS(=O)(=O)c3cc(C)ccc3C)c2)cc1. The van der Waals surface area contributed by atoms with Gasteiger partial charge in [-0.2, -0.15) is 0 Å². The number of sulfonamides is 1. The van der Waals surface area contributed by atoms with Crippen molar-refractivity contribution in [1.29, 1.82) is 0 Å². The average Bonchev–Trinajstić information content (AvgIpc) is 2.78. The zero-order chi connectivity index (χ0) is 23.1. The van der Waals surface area contributed by atoms with Crippen molar-refractivity contribution < 1.29 is 22.7 Å². The number of nitrogens with one attached hydrogen (secondary N) is 2. The first kappa shape index (κ1) is 23.1. The standard InChI is InChI=1S/C24H26N2O5S/c1-17-7-8-18(2)23(15-17)32(28,29)26-20-6-4-5-19(16-20)24(27)25-13-14-31-22-11-9-21(30-3)10-12-22/h4-12,15-16,26H,13-14H2,1-3H3,(H,25,27). The van der Waals surface area contributed by atoms with E-state index in [0.29, 0.717) is 29.1 Å². The van der Waals surface area contributed by atoms with Gasteiger partial charge >= 0.3 is 0 Å². The van der Waals surface area contributed by atoms with Crippen LogP contribution in [-0.4, -0.2) is 34.6 Å². The number of carbonyl (C=O) groups excluding carboxylic acids is 1. The Labute approximate surface area is 188 Å².